The number of halogens is 1. The quantitative estimate of drug-likeness (QED) is 0.287. The Morgan fingerprint density at radius 3 is 2.74 bits per heavy atom. The number of hydrogen-bond acceptors (Lipinski definition) is 3. The van der Waals surface area contributed by atoms with E-state index in [1.165, 1.54) is 16.7 Å². The molecule has 0 saturated heterocycles. The lowest BCUT2D eigenvalue weighted by atomic mass is 10.1. The predicted molar refractivity (Wildman–Crippen MR) is 136 cm³/mol. The van der Waals surface area contributed by atoms with Crippen LogP contribution in [0.15, 0.2) is 53.5 Å². The van der Waals surface area contributed by atoms with Gasteiger partial charge in [-0.05, 0) is 55.2 Å². The molecule has 0 saturated carbocycles. The monoisotopic (exact) mass is 531 g/mol. The third-order valence-electron chi connectivity index (χ3n) is 5.36. The van der Waals surface area contributed by atoms with Crippen LogP contribution in [0, 0.1) is 13.8 Å². The van der Waals surface area contributed by atoms with Crippen molar-refractivity contribution in [1.29, 1.82) is 0 Å². The summed E-state index contributed by atoms with van der Waals surface area (Å²) in [6.45, 7) is 6.38. The maximum Gasteiger partial charge on any atom is 0.191 e. The first-order valence-corrected chi connectivity index (χ1v) is 10.4. The van der Waals surface area contributed by atoms with E-state index >= 15 is 0 Å². The van der Waals surface area contributed by atoms with E-state index in [1.54, 1.807) is 7.05 Å². The molecule has 1 aliphatic rings. The van der Waals surface area contributed by atoms with Crippen LogP contribution >= 0.6 is 24.0 Å². The average molecular weight is 531 g/mol. The van der Waals surface area contributed by atoms with Crippen molar-refractivity contribution in [2.45, 2.75) is 33.2 Å². The molecule has 7 heteroatoms. The number of ether oxygens (including phenoxy) is 1. The largest absolute Gasteiger partial charge is 0.493 e. The summed E-state index contributed by atoms with van der Waals surface area (Å²) in [5.74, 6) is 1.83. The maximum atomic E-state index is 5.59. The van der Waals surface area contributed by atoms with Crippen molar-refractivity contribution in [1.82, 2.24) is 20.4 Å². The minimum atomic E-state index is 0. The van der Waals surface area contributed by atoms with E-state index < -0.39 is 0 Å². The van der Waals surface area contributed by atoms with Gasteiger partial charge in [-0.3, -0.25) is 4.99 Å². The van der Waals surface area contributed by atoms with E-state index in [0.717, 1.165) is 54.8 Å². The summed E-state index contributed by atoms with van der Waals surface area (Å²) < 4.78 is 7.59. The molecule has 2 N–H and O–H groups in total. The minimum Gasteiger partial charge on any atom is -0.493 e. The molecule has 1 aliphatic heterocycles. The number of hydrogen-bond donors (Lipinski definition) is 2. The smallest absolute Gasteiger partial charge is 0.191 e. The van der Waals surface area contributed by atoms with Crippen LogP contribution in [0.5, 0.6) is 5.75 Å². The molecule has 0 atom stereocenters. The van der Waals surface area contributed by atoms with Gasteiger partial charge in [-0.1, -0.05) is 30.3 Å². The first-order valence-electron chi connectivity index (χ1n) is 10.4. The number of aliphatic imine (C=N–C) groups is 1. The number of benzene rings is 2. The second-order valence-electron chi connectivity index (χ2n) is 7.61. The van der Waals surface area contributed by atoms with E-state index in [-0.39, 0.29) is 24.0 Å². The fourth-order valence-corrected chi connectivity index (χ4v) is 3.86. The van der Waals surface area contributed by atoms with E-state index in [2.05, 4.69) is 70.1 Å². The van der Waals surface area contributed by atoms with E-state index in [9.17, 15) is 0 Å². The Balaban J connectivity index is 0.00000272. The van der Waals surface area contributed by atoms with Gasteiger partial charge >= 0.3 is 0 Å². The summed E-state index contributed by atoms with van der Waals surface area (Å²) >= 11 is 0. The van der Waals surface area contributed by atoms with Crippen LogP contribution in [0.1, 0.15) is 28.1 Å². The van der Waals surface area contributed by atoms with Gasteiger partial charge in [0.05, 0.1) is 18.0 Å². The number of para-hydroxylation sites is 1. The Bertz CT molecular complexity index is 1060. The number of fused-ring (bicyclic) bond motifs is 1. The van der Waals surface area contributed by atoms with Crippen molar-refractivity contribution < 1.29 is 4.74 Å². The number of aromatic nitrogens is 2. The molecule has 2 heterocycles. The lowest BCUT2D eigenvalue weighted by Crippen LogP contribution is -2.38. The minimum absolute atomic E-state index is 0. The summed E-state index contributed by atoms with van der Waals surface area (Å²) in [5, 5.41) is 11.5. The Labute approximate surface area is 201 Å². The van der Waals surface area contributed by atoms with Gasteiger partial charge in [0.25, 0.3) is 0 Å². The lowest BCUT2D eigenvalue weighted by molar-refractivity contribution is 0.357. The molecule has 31 heavy (non-hydrogen) atoms. The van der Waals surface area contributed by atoms with Gasteiger partial charge in [0, 0.05) is 32.3 Å². The van der Waals surface area contributed by atoms with E-state index in [0.29, 0.717) is 6.54 Å². The molecule has 0 spiro atoms. The lowest BCUT2D eigenvalue weighted by Gasteiger charge is -2.15. The van der Waals surface area contributed by atoms with Crippen molar-refractivity contribution >= 4 is 29.9 Å². The second kappa shape index (κ2) is 10.7. The molecule has 0 amide bonds. The normalized spacial score (nSPS) is 12.7. The van der Waals surface area contributed by atoms with Crippen molar-refractivity contribution in [3.8, 4) is 11.4 Å². The fourth-order valence-electron chi connectivity index (χ4n) is 3.86. The van der Waals surface area contributed by atoms with Gasteiger partial charge in [0.1, 0.15) is 5.75 Å². The highest BCUT2D eigenvalue weighted by Crippen LogP contribution is 2.25. The second-order valence-corrected chi connectivity index (χ2v) is 7.61. The van der Waals surface area contributed by atoms with Crippen molar-refractivity contribution in [2.75, 3.05) is 20.2 Å². The molecule has 0 fully saturated rings. The SMILES string of the molecule is CN=C(NCCc1ccc2c(c1)CCO2)NCc1ccccc1-n1nc(C)cc1C.I. The molecule has 0 unspecified atom stereocenters. The van der Waals surface area contributed by atoms with Crippen LogP contribution in [0.4, 0.5) is 0 Å². The van der Waals surface area contributed by atoms with Gasteiger partial charge in [-0.2, -0.15) is 5.10 Å². The van der Waals surface area contributed by atoms with Crippen LogP contribution in [-0.2, 0) is 19.4 Å². The highest BCUT2D eigenvalue weighted by atomic mass is 127. The third-order valence-corrected chi connectivity index (χ3v) is 5.36. The Morgan fingerprint density at radius 1 is 1.13 bits per heavy atom. The molecule has 6 nitrogen and oxygen atoms in total. The van der Waals surface area contributed by atoms with Gasteiger partial charge in [0.15, 0.2) is 5.96 Å². The fraction of sp³-hybridized carbons (Fsp3) is 0.333. The standard InChI is InChI=1S/C24H29N5O.HI/c1-17-14-18(2)29(28-17)22-7-5-4-6-21(22)16-27-24(25-3)26-12-10-19-8-9-23-20(15-19)11-13-30-23;/h4-9,14-15H,10-13,16H2,1-3H3,(H2,25,26,27);1H. The Morgan fingerprint density at radius 2 is 1.97 bits per heavy atom. The number of nitrogens with zero attached hydrogens (tertiary/aromatic N) is 3. The molecule has 2 aromatic carbocycles. The highest BCUT2D eigenvalue weighted by Gasteiger charge is 2.12. The molecular weight excluding hydrogens is 501 g/mol. The van der Waals surface area contributed by atoms with Crippen LogP contribution in [-0.4, -0.2) is 35.9 Å². The van der Waals surface area contributed by atoms with Crippen molar-refractivity contribution in [2.24, 2.45) is 4.99 Å². The zero-order chi connectivity index (χ0) is 20.9. The molecule has 0 radical (unpaired) electrons. The van der Waals surface area contributed by atoms with Gasteiger partial charge in [-0.15, -0.1) is 24.0 Å². The van der Waals surface area contributed by atoms with E-state index in [4.69, 9.17) is 4.74 Å². The van der Waals surface area contributed by atoms with E-state index in [1.807, 2.05) is 17.7 Å². The molecule has 4 rings (SSSR count). The molecular formula is C24H30IN5O. The Hall–Kier alpha value is -2.55. The van der Waals surface area contributed by atoms with Crippen LogP contribution < -0.4 is 15.4 Å². The van der Waals surface area contributed by atoms with Crippen LogP contribution in [0.25, 0.3) is 5.69 Å². The molecule has 164 valence electrons. The zero-order valence-corrected chi connectivity index (χ0v) is 20.6. The maximum absolute atomic E-state index is 5.59. The van der Waals surface area contributed by atoms with Gasteiger partial charge in [-0.25, -0.2) is 4.68 Å². The van der Waals surface area contributed by atoms with Crippen LogP contribution in [0.2, 0.25) is 0 Å². The summed E-state index contributed by atoms with van der Waals surface area (Å²) in [7, 11) is 1.80. The predicted octanol–water partition coefficient (Wildman–Crippen LogP) is 3.95. The summed E-state index contributed by atoms with van der Waals surface area (Å²) in [4.78, 5) is 4.37. The topological polar surface area (TPSA) is 63.5 Å². The van der Waals surface area contributed by atoms with Gasteiger partial charge < -0.3 is 15.4 Å². The number of nitrogens with one attached hydrogen (secondary N) is 2. The molecule has 0 bridgehead atoms. The zero-order valence-electron chi connectivity index (χ0n) is 18.3. The first-order chi connectivity index (χ1) is 14.6. The summed E-state index contributed by atoms with van der Waals surface area (Å²) in [6, 6.07) is 16.9. The van der Waals surface area contributed by atoms with Gasteiger partial charge in [0.2, 0.25) is 0 Å². The molecule has 0 aliphatic carbocycles. The number of rotatable bonds is 6. The highest BCUT2D eigenvalue weighted by molar-refractivity contribution is 14.0. The summed E-state index contributed by atoms with van der Waals surface area (Å²) in [5.41, 5.74) is 7.04. The average Bonchev–Trinajstić information content (AvgIpc) is 3.35. The van der Waals surface area contributed by atoms with Crippen LogP contribution in [0.3, 0.4) is 0 Å². The molecule has 1 aromatic heterocycles. The number of aryl methyl sites for hydroxylation is 2. The Kier molecular flexibility index (Phi) is 7.95. The first kappa shape index (κ1) is 23.1. The number of guanidine groups is 1. The third kappa shape index (κ3) is 5.58. The molecule has 3 aromatic rings. The van der Waals surface area contributed by atoms with Crippen molar-refractivity contribution in [3.05, 3.63) is 76.6 Å². The summed E-state index contributed by atoms with van der Waals surface area (Å²) in [6.07, 6.45) is 1.95. The van der Waals surface area contributed by atoms with Crippen molar-refractivity contribution in [3.63, 3.8) is 0 Å².